The van der Waals surface area contributed by atoms with Crippen LogP contribution in [0.1, 0.15) is 18.2 Å². The summed E-state index contributed by atoms with van der Waals surface area (Å²) in [5.74, 6) is 0.856. The molecular weight excluding hydrogens is 310 g/mol. The lowest BCUT2D eigenvalue weighted by atomic mass is 10.0. The number of hydrogen-bond donors (Lipinski definition) is 1. The van der Waals surface area contributed by atoms with Crippen LogP contribution in [0.3, 0.4) is 0 Å². The molecule has 0 amide bonds. The van der Waals surface area contributed by atoms with Crippen molar-refractivity contribution in [1.82, 2.24) is 15.0 Å². The standard InChI is InChI=1S/C21H19N3O/c1-2-19-20(18-12-22-14-23-21(18)24-19)16-9-6-10-17(11-16)25-13-15-7-4-3-5-8-15/h3-12,14H,2,13H2,1H3,(H,22,23,24). The maximum Gasteiger partial charge on any atom is 0.141 e. The molecule has 124 valence electrons. The van der Waals surface area contributed by atoms with E-state index in [0.717, 1.165) is 45.6 Å². The van der Waals surface area contributed by atoms with Crippen molar-refractivity contribution in [3.8, 4) is 16.9 Å². The molecular formula is C21H19N3O. The van der Waals surface area contributed by atoms with Crippen LogP contribution in [-0.4, -0.2) is 15.0 Å². The van der Waals surface area contributed by atoms with E-state index in [1.807, 2.05) is 36.5 Å². The third-order valence-electron chi connectivity index (χ3n) is 4.28. The van der Waals surface area contributed by atoms with Crippen molar-refractivity contribution in [2.75, 3.05) is 0 Å². The second kappa shape index (κ2) is 6.77. The first-order valence-corrected chi connectivity index (χ1v) is 8.43. The van der Waals surface area contributed by atoms with Gasteiger partial charge in [0.05, 0.1) is 0 Å². The molecule has 25 heavy (non-hydrogen) atoms. The molecule has 4 heteroatoms. The number of hydrogen-bond acceptors (Lipinski definition) is 3. The number of aryl methyl sites for hydroxylation is 1. The lowest BCUT2D eigenvalue weighted by molar-refractivity contribution is 0.306. The molecule has 0 aliphatic heterocycles. The number of aromatic amines is 1. The van der Waals surface area contributed by atoms with Gasteiger partial charge in [-0.15, -0.1) is 0 Å². The molecule has 4 rings (SSSR count). The molecule has 0 saturated heterocycles. The Morgan fingerprint density at radius 3 is 2.76 bits per heavy atom. The van der Waals surface area contributed by atoms with Gasteiger partial charge < -0.3 is 9.72 Å². The van der Waals surface area contributed by atoms with E-state index < -0.39 is 0 Å². The number of rotatable bonds is 5. The van der Waals surface area contributed by atoms with Gasteiger partial charge in [0.2, 0.25) is 0 Å². The zero-order valence-corrected chi connectivity index (χ0v) is 14.1. The Morgan fingerprint density at radius 2 is 1.92 bits per heavy atom. The minimum atomic E-state index is 0.557. The molecule has 2 heterocycles. The SMILES string of the molecule is CCc1[nH]c2ncncc2c1-c1cccc(OCc2ccccc2)c1. The highest BCUT2D eigenvalue weighted by molar-refractivity contribution is 5.95. The summed E-state index contributed by atoms with van der Waals surface area (Å²) in [5.41, 5.74) is 5.46. The van der Waals surface area contributed by atoms with E-state index in [1.54, 1.807) is 6.33 Å². The Balaban J connectivity index is 1.68. The fourth-order valence-electron chi connectivity index (χ4n) is 3.06. The van der Waals surface area contributed by atoms with Crippen LogP contribution < -0.4 is 4.74 Å². The molecule has 0 radical (unpaired) electrons. The molecule has 0 atom stereocenters. The lowest BCUT2D eigenvalue weighted by Gasteiger charge is -2.09. The summed E-state index contributed by atoms with van der Waals surface area (Å²) in [7, 11) is 0. The van der Waals surface area contributed by atoms with E-state index in [-0.39, 0.29) is 0 Å². The van der Waals surface area contributed by atoms with Crippen LogP contribution in [0.2, 0.25) is 0 Å². The van der Waals surface area contributed by atoms with Crippen LogP contribution in [0, 0.1) is 0 Å². The summed E-state index contributed by atoms with van der Waals surface area (Å²) >= 11 is 0. The smallest absolute Gasteiger partial charge is 0.141 e. The third-order valence-corrected chi connectivity index (χ3v) is 4.28. The minimum Gasteiger partial charge on any atom is -0.489 e. The van der Waals surface area contributed by atoms with Gasteiger partial charge in [-0.05, 0) is 29.7 Å². The molecule has 0 aliphatic rings. The van der Waals surface area contributed by atoms with Gasteiger partial charge in [-0.3, -0.25) is 0 Å². The maximum atomic E-state index is 5.97. The van der Waals surface area contributed by atoms with E-state index in [9.17, 15) is 0 Å². The first kappa shape index (κ1) is 15.4. The van der Waals surface area contributed by atoms with Crippen molar-refractivity contribution >= 4 is 11.0 Å². The summed E-state index contributed by atoms with van der Waals surface area (Å²) in [5, 5.41) is 1.04. The average Bonchev–Trinajstić information content (AvgIpc) is 3.06. The van der Waals surface area contributed by atoms with E-state index >= 15 is 0 Å². The molecule has 0 aliphatic carbocycles. The number of fused-ring (bicyclic) bond motifs is 1. The Kier molecular flexibility index (Phi) is 4.17. The Morgan fingerprint density at radius 1 is 1.04 bits per heavy atom. The monoisotopic (exact) mass is 329 g/mol. The summed E-state index contributed by atoms with van der Waals surface area (Å²) in [6.07, 6.45) is 4.34. The Bertz CT molecular complexity index is 992. The van der Waals surface area contributed by atoms with Crippen molar-refractivity contribution in [3.05, 3.63) is 78.4 Å². The van der Waals surface area contributed by atoms with Gasteiger partial charge >= 0.3 is 0 Å². The Labute approximate surface area is 146 Å². The van der Waals surface area contributed by atoms with Crippen molar-refractivity contribution in [2.45, 2.75) is 20.0 Å². The van der Waals surface area contributed by atoms with Gasteiger partial charge in [0.25, 0.3) is 0 Å². The van der Waals surface area contributed by atoms with E-state index in [2.05, 4.69) is 46.1 Å². The summed E-state index contributed by atoms with van der Waals surface area (Å²) in [6.45, 7) is 2.69. The van der Waals surface area contributed by atoms with Crippen molar-refractivity contribution < 1.29 is 4.74 Å². The first-order chi connectivity index (χ1) is 12.3. The van der Waals surface area contributed by atoms with Crippen LogP contribution in [0.15, 0.2) is 67.1 Å². The zero-order chi connectivity index (χ0) is 17.1. The highest BCUT2D eigenvalue weighted by Gasteiger charge is 2.13. The van der Waals surface area contributed by atoms with Crippen LogP contribution in [0.4, 0.5) is 0 Å². The highest BCUT2D eigenvalue weighted by Crippen LogP contribution is 2.33. The lowest BCUT2D eigenvalue weighted by Crippen LogP contribution is -1.95. The van der Waals surface area contributed by atoms with Crippen molar-refractivity contribution in [3.63, 3.8) is 0 Å². The number of ether oxygens (including phenoxy) is 1. The Hall–Kier alpha value is -3.14. The molecule has 0 unspecified atom stereocenters. The minimum absolute atomic E-state index is 0.557. The van der Waals surface area contributed by atoms with Crippen molar-refractivity contribution in [2.24, 2.45) is 0 Å². The quantitative estimate of drug-likeness (QED) is 0.574. The second-order valence-electron chi connectivity index (χ2n) is 5.92. The van der Waals surface area contributed by atoms with E-state index in [1.165, 1.54) is 0 Å². The number of nitrogens with zero attached hydrogens (tertiary/aromatic N) is 2. The summed E-state index contributed by atoms with van der Waals surface area (Å²) in [4.78, 5) is 11.9. The third kappa shape index (κ3) is 3.11. The predicted octanol–water partition coefficient (Wildman–Crippen LogP) is 4.77. The summed E-state index contributed by atoms with van der Waals surface area (Å²) < 4.78 is 5.97. The molecule has 4 nitrogen and oxygen atoms in total. The molecule has 0 spiro atoms. The largest absolute Gasteiger partial charge is 0.489 e. The van der Waals surface area contributed by atoms with Gasteiger partial charge in [0, 0.05) is 22.8 Å². The summed E-state index contributed by atoms with van der Waals surface area (Å²) in [6, 6.07) is 18.4. The van der Waals surface area contributed by atoms with Crippen LogP contribution in [0.25, 0.3) is 22.2 Å². The molecule has 2 aromatic heterocycles. The number of H-pyrrole nitrogens is 1. The highest BCUT2D eigenvalue weighted by atomic mass is 16.5. The fourth-order valence-corrected chi connectivity index (χ4v) is 3.06. The van der Waals surface area contributed by atoms with Gasteiger partial charge in [-0.2, -0.15) is 0 Å². The van der Waals surface area contributed by atoms with Gasteiger partial charge in [-0.25, -0.2) is 9.97 Å². The van der Waals surface area contributed by atoms with Crippen LogP contribution >= 0.6 is 0 Å². The second-order valence-corrected chi connectivity index (χ2v) is 5.92. The molecule has 1 N–H and O–H groups in total. The van der Waals surface area contributed by atoms with E-state index in [0.29, 0.717) is 6.61 Å². The normalized spacial score (nSPS) is 10.9. The van der Waals surface area contributed by atoms with Gasteiger partial charge in [0.15, 0.2) is 0 Å². The average molecular weight is 329 g/mol. The number of aromatic nitrogens is 3. The van der Waals surface area contributed by atoms with Crippen molar-refractivity contribution in [1.29, 1.82) is 0 Å². The fraction of sp³-hybridized carbons (Fsp3) is 0.143. The molecule has 0 saturated carbocycles. The zero-order valence-electron chi connectivity index (χ0n) is 14.1. The van der Waals surface area contributed by atoms with E-state index in [4.69, 9.17) is 4.74 Å². The first-order valence-electron chi connectivity index (χ1n) is 8.43. The van der Waals surface area contributed by atoms with Crippen LogP contribution in [-0.2, 0) is 13.0 Å². The molecule has 0 fully saturated rings. The number of benzene rings is 2. The van der Waals surface area contributed by atoms with Gasteiger partial charge in [0.1, 0.15) is 24.3 Å². The maximum absolute atomic E-state index is 5.97. The van der Waals surface area contributed by atoms with Crippen LogP contribution in [0.5, 0.6) is 5.75 Å². The number of nitrogens with one attached hydrogen (secondary N) is 1. The topological polar surface area (TPSA) is 50.8 Å². The molecule has 0 bridgehead atoms. The predicted molar refractivity (Wildman–Crippen MR) is 99.5 cm³/mol. The molecule has 4 aromatic rings. The van der Waals surface area contributed by atoms with Gasteiger partial charge in [-0.1, -0.05) is 49.4 Å². The molecule has 2 aromatic carbocycles.